The number of sulfonamides is 1. The second-order valence-electron chi connectivity index (χ2n) is 2.10. The van der Waals surface area contributed by atoms with Gasteiger partial charge in [-0.25, -0.2) is 13.1 Å². The minimum atomic E-state index is -3.02. The van der Waals surface area contributed by atoms with Gasteiger partial charge < -0.3 is 5.11 Å². The monoisotopic (exact) mass is 151 g/mol. The lowest BCUT2D eigenvalue weighted by Gasteiger charge is -2.00. The Bertz CT molecular complexity index is 186. The minimum absolute atomic E-state index is 0.0980. The molecular formula is C4H9NO3S. The molecule has 1 atom stereocenters. The van der Waals surface area contributed by atoms with Crippen LogP contribution in [-0.2, 0) is 10.0 Å². The smallest absolute Gasteiger partial charge is 0.211 e. The van der Waals surface area contributed by atoms with Crippen molar-refractivity contribution in [2.24, 2.45) is 0 Å². The summed E-state index contributed by atoms with van der Waals surface area (Å²) in [4.78, 5) is 0. The second kappa shape index (κ2) is 2.24. The molecule has 4 nitrogen and oxygen atoms in total. The SMILES string of the molecule is O=S1(=O)CCC(CO)N1. The fourth-order valence-electron chi connectivity index (χ4n) is 0.798. The van der Waals surface area contributed by atoms with Gasteiger partial charge in [-0.3, -0.25) is 0 Å². The molecule has 0 spiro atoms. The highest BCUT2D eigenvalue weighted by atomic mass is 32.2. The molecule has 1 unspecified atom stereocenters. The predicted molar refractivity (Wildman–Crippen MR) is 32.4 cm³/mol. The summed E-state index contributed by atoms with van der Waals surface area (Å²) in [6.07, 6.45) is 0.527. The van der Waals surface area contributed by atoms with E-state index in [4.69, 9.17) is 5.11 Å². The van der Waals surface area contributed by atoms with E-state index >= 15 is 0 Å². The fraction of sp³-hybridized carbons (Fsp3) is 1.00. The van der Waals surface area contributed by atoms with Crippen molar-refractivity contribution in [3.05, 3.63) is 0 Å². The Morgan fingerprint density at radius 3 is 2.56 bits per heavy atom. The second-order valence-corrected chi connectivity index (χ2v) is 3.98. The first kappa shape index (κ1) is 6.98. The van der Waals surface area contributed by atoms with Crippen molar-refractivity contribution in [3.63, 3.8) is 0 Å². The molecule has 0 aromatic heterocycles. The number of aliphatic hydroxyl groups is 1. The lowest BCUT2D eigenvalue weighted by atomic mass is 10.3. The highest BCUT2D eigenvalue weighted by Crippen LogP contribution is 2.05. The Hall–Kier alpha value is -0.130. The lowest BCUT2D eigenvalue weighted by Crippen LogP contribution is -2.28. The van der Waals surface area contributed by atoms with Crippen molar-refractivity contribution in [1.82, 2.24) is 4.72 Å². The maximum atomic E-state index is 10.6. The number of rotatable bonds is 1. The van der Waals surface area contributed by atoms with Gasteiger partial charge in [0.1, 0.15) is 0 Å². The van der Waals surface area contributed by atoms with Crippen LogP contribution in [0.5, 0.6) is 0 Å². The van der Waals surface area contributed by atoms with Crippen molar-refractivity contribution in [2.45, 2.75) is 12.5 Å². The first-order valence-corrected chi connectivity index (χ1v) is 4.40. The summed E-state index contributed by atoms with van der Waals surface area (Å²) in [5, 5.41) is 8.47. The highest BCUT2D eigenvalue weighted by Gasteiger charge is 2.25. The normalized spacial score (nSPS) is 32.8. The zero-order valence-electron chi connectivity index (χ0n) is 4.87. The van der Waals surface area contributed by atoms with Crippen LogP contribution >= 0.6 is 0 Å². The van der Waals surface area contributed by atoms with E-state index in [1.807, 2.05) is 0 Å². The van der Waals surface area contributed by atoms with E-state index in [0.29, 0.717) is 6.42 Å². The van der Waals surface area contributed by atoms with Gasteiger partial charge in [-0.2, -0.15) is 0 Å². The van der Waals surface area contributed by atoms with Gasteiger partial charge in [0, 0.05) is 6.04 Å². The number of aliphatic hydroxyl groups excluding tert-OH is 1. The third-order valence-corrected chi connectivity index (χ3v) is 2.77. The zero-order valence-corrected chi connectivity index (χ0v) is 5.69. The van der Waals surface area contributed by atoms with Gasteiger partial charge in [0.05, 0.1) is 12.4 Å². The molecule has 0 aliphatic carbocycles. The van der Waals surface area contributed by atoms with Crippen LogP contribution < -0.4 is 4.72 Å². The van der Waals surface area contributed by atoms with Gasteiger partial charge in [0.25, 0.3) is 0 Å². The molecule has 5 heteroatoms. The fourth-order valence-corrected chi connectivity index (χ4v) is 2.21. The molecule has 0 radical (unpaired) electrons. The van der Waals surface area contributed by atoms with E-state index in [1.54, 1.807) is 0 Å². The molecule has 9 heavy (non-hydrogen) atoms. The van der Waals surface area contributed by atoms with Crippen LogP contribution in [0.25, 0.3) is 0 Å². The van der Waals surface area contributed by atoms with E-state index in [0.717, 1.165) is 0 Å². The van der Waals surface area contributed by atoms with Crippen LogP contribution in [0.1, 0.15) is 6.42 Å². The molecule has 1 saturated heterocycles. The molecular weight excluding hydrogens is 142 g/mol. The van der Waals surface area contributed by atoms with Gasteiger partial charge in [-0.1, -0.05) is 0 Å². The number of hydrogen-bond donors (Lipinski definition) is 2. The predicted octanol–water partition coefficient (Wildman–Crippen LogP) is -1.33. The maximum Gasteiger partial charge on any atom is 0.211 e. The molecule has 1 fully saturated rings. The molecule has 0 bridgehead atoms. The van der Waals surface area contributed by atoms with Crippen LogP contribution in [0.4, 0.5) is 0 Å². The molecule has 0 aromatic carbocycles. The third kappa shape index (κ3) is 1.64. The minimum Gasteiger partial charge on any atom is -0.395 e. The largest absolute Gasteiger partial charge is 0.395 e. The standard InChI is InChI=1S/C4H9NO3S/c6-3-4-1-2-9(7,8)5-4/h4-6H,1-3H2. The highest BCUT2D eigenvalue weighted by molar-refractivity contribution is 7.89. The molecule has 1 rings (SSSR count). The Kier molecular flexibility index (Phi) is 1.74. The van der Waals surface area contributed by atoms with Gasteiger partial charge in [0.15, 0.2) is 0 Å². The van der Waals surface area contributed by atoms with Gasteiger partial charge in [0.2, 0.25) is 10.0 Å². The van der Waals surface area contributed by atoms with Crippen LogP contribution in [0, 0.1) is 0 Å². The van der Waals surface area contributed by atoms with Crippen LogP contribution in [0.3, 0.4) is 0 Å². The Balaban J connectivity index is 2.58. The van der Waals surface area contributed by atoms with E-state index in [1.165, 1.54) is 0 Å². The van der Waals surface area contributed by atoms with Crippen molar-refractivity contribution >= 4 is 10.0 Å². The van der Waals surface area contributed by atoms with Gasteiger partial charge >= 0.3 is 0 Å². The third-order valence-electron chi connectivity index (χ3n) is 1.30. The van der Waals surface area contributed by atoms with Crippen molar-refractivity contribution in [2.75, 3.05) is 12.4 Å². The zero-order chi connectivity index (χ0) is 6.91. The van der Waals surface area contributed by atoms with Crippen molar-refractivity contribution in [3.8, 4) is 0 Å². The summed E-state index contributed by atoms with van der Waals surface area (Å²) < 4.78 is 23.5. The summed E-state index contributed by atoms with van der Waals surface area (Å²) in [6.45, 7) is -0.0980. The Morgan fingerprint density at radius 2 is 2.33 bits per heavy atom. The van der Waals surface area contributed by atoms with E-state index in [-0.39, 0.29) is 18.4 Å². The maximum absolute atomic E-state index is 10.6. The number of hydrogen-bond acceptors (Lipinski definition) is 3. The van der Waals surface area contributed by atoms with Crippen LogP contribution in [0.15, 0.2) is 0 Å². The van der Waals surface area contributed by atoms with Crippen molar-refractivity contribution in [1.29, 1.82) is 0 Å². The molecule has 1 aliphatic rings. The average molecular weight is 151 g/mol. The summed E-state index contributed by atoms with van der Waals surface area (Å²) in [5.74, 6) is 0.151. The van der Waals surface area contributed by atoms with Gasteiger partial charge in [-0.05, 0) is 6.42 Å². The first-order chi connectivity index (χ1) is 4.14. The lowest BCUT2D eigenvalue weighted by molar-refractivity contribution is 0.260. The summed E-state index contributed by atoms with van der Waals surface area (Å²) in [7, 11) is -3.02. The van der Waals surface area contributed by atoms with E-state index < -0.39 is 10.0 Å². The van der Waals surface area contributed by atoms with Crippen molar-refractivity contribution < 1.29 is 13.5 Å². The topological polar surface area (TPSA) is 66.4 Å². The summed E-state index contributed by atoms with van der Waals surface area (Å²) in [6, 6.07) is -0.241. The molecule has 0 saturated carbocycles. The Labute approximate surface area is 53.9 Å². The van der Waals surface area contributed by atoms with E-state index in [9.17, 15) is 8.42 Å². The molecule has 1 heterocycles. The van der Waals surface area contributed by atoms with Crippen LogP contribution in [0.2, 0.25) is 0 Å². The molecule has 54 valence electrons. The van der Waals surface area contributed by atoms with E-state index in [2.05, 4.69) is 4.72 Å². The molecule has 1 aliphatic heterocycles. The quantitative estimate of drug-likeness (QED) is 0.488. The van der Waals surface area contributed by atoms with Gasteiger partial charge in [-0.15, -0.1) is 0 Å². The summed E-state index contributed by atoms with van der Waals surface area (Å²) in [5.41, 5.74) is 0. The molecule has 0 amide bonds. The number of nitrogens with one attached hydrogen (secondary N) is 1. The van der Waals surface area contributed by atoms with Crippen LogP contribution in [-0.4, -0.2) is 31.9 Å². The first-order valence-electron chi connectivity index (χ1n) is 2.75. The molecule has 0 aromatic rings. The average Bonchev–Trinajstić information content (AvgIpc) is 2.10. The summed E-state index contributed by atoms with van der Waals surface area (Å²) >= 11 is 0. The Morgan fingerprint density at radius 1 is 1.67 bits per heavy atom. The molecule has 2 N–H and O–H groups in total.